The maximum Gasteiger partial charge on any atom is 0.238 e. The predicted molar refractivity (Wildman–Crippen MR) is 114 cm³/mol. The Morgan fingerprint density at radius 2 is 1.54 bits per heavy atom. The van der Waals surface area contributed by atoms with E-state index in [9.17, 15) is 9.59 Å². The number of carbonyl (C=O) groups excluding carboxylic acids is 2. The second-order valence-corrected chi connectivity index (χ2v) is 7.83. The van der Waals surface area contributed by atoms with Crippen LogP contribution < -0.4 is 10.6 Å². The lowest BCUT2D eigenvalue weighted by molar-refractivity contribution is -0.121. The SMILES string of the molecule is Cc1cc(C)cc(NC(=O)CN2CCC(C(=O)Nc3cccc(C)c3)CC2)c1. The van der Waals surface area contributed by atoms with Gasteiger partial charge in [0, 0.05) is 17.3 Å². The Morgan fingerprint density at radius 1 is 0.893 bits per heavy atom. The van der Waals surface area contributed by atoms with E-state index in [0.29, 0.717) is 6.54 Å². The van der Waals surface area contributed by atoms with Crippen molar-refractivity contribution < 1.29 is 9.59 Å². The van der Waals surface area contributed by atoms with Crippen molar-refractivity contribution >= 4 is 23.2 Å². The molecule has 1 aliphatic heterocycles. The number of likely N-dealkylation sites (tertiary alicyclic amines) is 1. The minimum absolute atomic E-state index is 0.000698. The number of piperidine rings is 1. The number of hydrogen-bond acceptors (Lipinski definition) is 3. The van der Waals surface area contributed by atoms with Crippen LogP contribution in [-0.4, -0.2) is 36.3 Å². The van der Waals surface area contributed by atoms with Gasteiger partial charge in [0.05, 0.1) is 6.54 Å². The van der Waals surface area contributed by atoms with Gasteiger partial charge in [0.25, 0.3) is 0 Å². The Morgan fingerprint density at radius 3 is 2.18 bits per heavy atom. The molecule has 3 rings (SSSR count). The zero-order valence-corrected chi connectivity index (χ0v) is 16.9. The van der Waals surface area contributed by atoms with Crippen molar-refractivity contribution in [2.75, 3.05) is 30.3 Å². The van der Waals surface area contributed by atoms with Crippen molar-refractivity contribution in [2.45, 2.75) is 33.6 Å². The van der Waals surface area contributed by atoms with E-state index in [1.54, 1.807) is 0 Å². The third kappa shape index (κ3) is 5.67. The third-order valence-electron chi connectivity index (χ3n) is 5.12. The van der Waals surface area contributed by atoms with Crippen LogP contribution in [0.4, 0.5) is 11.4 Å². The molecule has 5 heteroatoms. The van der Waals surface area contributed by atoms with E-state index in [0.717, 1.165) is 54.0 Å². The van der Waals surface area contributed by atoms with E-state index >= 15 is 0 Å². The highest BCUT2D eigenvalue weighted by Gasteiger charge is 2.26. The molecule has 2 aromatic carbocycles. The summed E-state index contributed by atoms with van der Waals surface area (Å²) in [6, 6.07) is 13.9. The molecular weight excluding hydrogens is 350 g/mol. The molecule has 2 amide bonds. The van der Waals surface area contributed by atoms with Gasteiger partial charge < -0.3 is 10.6 Å². The van der Waals surface area contributed by atoms with Crippen LogP contribution in [0.5, 0.6) is 0 Å². The van der Waals surface area contributed by atoms with Crippen LogP contribution in [0.25, 0.3) is 0 Å². The fourth-order valence-electron chi connectivity index (χ4n) is 3.77. The molecule has 0 spiro atoms. The van der Waals surface area contributed by atoms with Gasteiger partial charge in [-0.3, -0.25) is 14.5 Å². The van der Waals surface area contributed by atoms with Crippen LogP contribution >= 0.6 is 0 Å². The van der Waals surface area contributed by atoms with Crippen molar-refractivity contribution in [2.24, 2.45) is 5.92 Å². The average Bonchev–Trinajstić information content (AvgIpc) is 2.61. The van der Waals surface area contributed by atoms with E-state index in [4.69, 9.17) is 0 Å². The normalized spacial score (nSPS) is 15.2. The number of nitrogens with zero attached hydrogens (tertiary/aromatic N) is 1. The maximum atomic E-state index is 12.5. The van der Waals surface area contributed by atoms with Crippen LogP contribution in [0.3, 0.4) is 0 Å². The number of anilines is 2. The zero-order valence-electron chi connectivity index (χ0n) is 16.9. The van der Waals surface area contributed by atoms with Crippen molar-refractivity contribution in [3.05, 3.63) is 59.2 Å². The molecule has 0 atom stereocenters. The summed E-state index contributed by atoms with van der Waals surface area (Å²) in [7, 11) is 0. The Labute approximate surface area is 167 Å². The molecule has 148 valence electrons. The smallest absolute Gasteiger partial charge is 0.238 e. The average molecular weight is 380 g/mol. The molecule has 0 radical (unpaired) electrons. The van der Waals surface area contributed by atoms with Gasteiger partial charge in [-0.1, -0.05) is 18.2 Å². The van der Waals surface area contributed by atoms with Gasteiger partial charge in [-0.2, -0.15) is 0 Å². The van der Waals surface area contributed by atoms with Crippen LogP contribution in [-0.2, 0) is 9.59 Å². The highest BCUT2D eigenvalue weighted by Crippen LogP contribution is 2.20. The summed E-state index contributed by atoms with van der Waals surface area (Å²) in [4.78, 5) is 27.0. The number of rotatable bonds is 5. The van der Waals surface area contributed by atoms with E-state index in [2.05, 4.69) is 21.6 Å². The second-order valence-electron chi connectivity index (χ2n) is 7.83. The largest absolute Gasteiger partial charge is 0.326 e. The van der Waals surface area contributed by atoms with Crippen molar-refractivity contribution in [1.29, 1.82) is 0 Å². The monoisotopic (exact) mass is 379 g/mol. The molecule has 2 N–H and O–H groups in total. The first-order chi connectivity index (χ1) is 13.4. The minimum Gasteiger partial charge on any atom is -0.326 e. The van der Waals surface area contributed by atoms with Crippen molar-refractivity contribution in [3.63, 3.8) is 0 Å². The first-order valence-electron chi connectivity index (χ1n) is 9.87. The number of benzene rings is 2. The number of nitrogens with one attached hydrogen (secondary N) is 2. The molecule has 2 aromatic rings. The lowest BCUT2D eigenvalue weighted by Crippen LogP contribution is -2.41. The summed E-state index contributed by atoms with van der Waals surface area (Å²) in [5, 5.41) is 6.00. The molecule has 1 saturated heterocycles. The standard InChI is InChI=1S/C23H29N3O2/c1-16-5-4-6-20(12-16)25-23(28)19-7-9-26(10-8-19)15-22(27)24-21-13-17(2)11-18(3)14-21/h4-6,11-14,19H,7-10,15H2,1-3H3,(H,24,27)(H,25,28). The molecule has 1 fully saturated rings. The number of hydrogen-bond donors (Lipinski definition) is 2. The zero-order chi connectivity index (χ0) is 20.1. The van der Waals surface area contributed by atoms with Crippen molar-refractivity contribution in [1.82, 2.24) is 4.90 Å². The Bertz CT molecular complexity index is 834. The summed E-state index contributed by atoms with van der Waals surface area (Å²) < 4.78 is 0. The van der Waals surface area contributed by atoms with Gasteiger partial charge in [0.1, 0.15) is 0 Å². The Kier molecular flexibility index (Phi) is 6.47. The first-order valence-corrected chi connectivity index (χ1v) is 9.87. The fraction of sp³-hybridized carbons (Fsp3) is 0.391. The summed E-state index contributed by atoms with van der Waals surface area (Å²) >= 11 is 0. The number of carbonyl (C=O) groups is 2. The first kappa shape index (κ1) is 20.1. The summed E-state index contributed by atoms with van der Waals surface area (Å²) in [5.74, 6) is 0.0665. The molecular formula is C23H29N3O2. The summed E-state index contributed by atoms with van der Waals surface area (Å²) in [5.41, 5.74) is 5.09. The molecule has 1 aliphatic rings. The van der Waals surface area contributed by atoms with Gasteiger partial charge in [0.15, 0.2) is 0 Å². The minimum atomic E-state index is -0.00679. The van der Waals surface area contributed by atoms with Gasteiger partial charge in [-0.15, -0.1) is 0 Å². The predicted octanol–water partition coefficient (Wildman–Crippen LogP) is 3.90. The summed E-state index contributed by atoms with van der Waals surface area (Å²) in [6.07, 6.45) is 1.54. The van der Waals surface area contributed by atoms with Crippen LogP contribution in [0.1, 0.15) is 29.5 Å². The lowest BCUT2D eigenvalue weighted by Gasteiger charge is -2.30. The van der Waals surface area contributed by atoms with Crippen molar-refractivity contribution in [3.8, 4) is 0 Å². The molecule has 1 heterocycles. The molecule has 0 unspecified atom stereocenters. The molecule has 0 bridgehead atoms. The van der Waals surface area contributed by atoms with E-state index in [1.165, 1.54) is 0 Å². The summed E-state index contributed by atoms with van der Waals surface area (Å²) in [6.45, 7) is 7.93. The van der Waals surface area contributed by atoms with Gasteiger partial charge in [-0.05, 0) is 87.7 Å². The Balaban J connectivity index is 1.45. The van der Waals surface area contributed by atoms with E-state index < -0.39 is 0 Å². The van der Waals surface area contributed by atoms with Crippen LogP contribution in [0.15, 0.2) is 42.5 Å². The second kappa shape index (κ2) is 9.02. The van der Waals surface area contributed by atoms with Gasteiger partial charge in [0.2, 0.25) is 11.8 Å². The molecule has 0 aromatic heterocycles. The van der Waals surface area contributed by atoms with E-state index in [-0.39, 0.29) is 17.7 Å². The maximum absolute atomic E-state index is 12.5. The van der Waals surface area contributed by atoms with Crippen LogP contribution in [0, 0.1) is 26.7 Å². The molecule has 0 saturated carbocycles. The Hall–Kier alpha value is -2.66. The third-order valence-corrected chi connectivity index (χ3v) is 5.12. The topological polar surface area (TPSA) is 61.4 Å². The fourth-order valence-corrected chi connectivity index (χ4v) is 3.77. The quantitative estimate of drug-likeness (QED) is 0.828. The number of aryl methyl sites for hydroxylation is 3. The van der Waals surface area contributed by atoms with Gasteiger partial charge >= 0.3 is 0 Å². The lowest BCUT2D eigenvalue weighted by atomic mass is 9.95. The molecule has 5 nitrogen and oxygen atoms in total. The molecule has 0 aliphatic carbocycles. The highest BCUT2D eigenvalue weighted by atomic mass is 16.2. The van der Waals surface area contributed by atoms with E-state index in [1.807, 2.05) is 57.2 Å². The van der Waals surface area contributed by atoms with Gasteiger partial charge in [-0.25, -0.2) is 0 Å². The molecule has 28 heavy (non-hydrogen) atoms. The number of amides is 2. The van der Waals surface area contributed by atoms with Crippen LogP contribution in [0.2, 0.25) is 0 Å². The highest BCUT2D eigenvalue weighted by molar-refractivity contribution is 5.93.